The summed E-state index contributed by atoms with van der Waals surface area (Å²) in [5, 5.41) is 0. The Labute approximate surface area is 151 Å². The van der Waals surface area contributed by atoms with Crippen LogP contribution in [0.4, 0.5) is 4.79 Å². The molecule has 2 atom stereocenters. The van der Waals surface area contributed by atoms with Gasteiger partial charge in [-0.25, -0.2) is 9.78 Å². The maximum absolute atomic E-state index is 12.2. The molecule has 0 radical (unpaired) electrons. The monoisotopic (exact) mass is 400 g/mol. The van der Waals surface area contributed by atoms with Crippen LogP contribution in [0, 0.1) is 0 Å². The topological polar surface area (TPSA) is 60.9 Å². The SMILES string of the molecule is COc1ccnc(OC2CC[C@@H](N(C)C(=O)OC(C)(C)C)C2)c1Br. The Bertz CT molecular complexity index is 588. The Kier molecular flexibility index (Phi) is 5.96. The Balaban J connectivity index is 1.95. The molecule has 0 spiro atoms. The minimum atomic E-state index is -0.491. The number of carbonyl (C=O) groups is 1. The molecule has 1 heterocycles. The lowest BCUT2D eigenvalue weighted by atomic mass is 10.2. The third-order valence-electron chi connectivity index (χ3n) is 3.91. The van der Waals surface area contributed by atoms with Gasteiger partial charge in [-0.15, -0.1) is 0 Å². The number of methoxy groups -OCH3 is 1. The number of nitrogens with zero attached hydrogens (tertiary/aromatic N) is 2. The second-order valence-corrected chi connectivity index (χ2v) is 7.72. The van der Waals surface area contributed by atoms with Gasteiger partial charge in [0.15, 0.2) is 0 Å². The summed E-state index contributed by atoms with van der Waals surface area (Å²) >= 11 is 3.45. The average molecular weight is 401 g/mol. The number of amides is 1. The fourth-order valence-electron chi connectivity index (χ4n) is 2.66. The fraction of sp³-hybridized carbons (Fsp3) is 0.647. The van der Waals surface area contributed by atoms with E-state index in [1.54, 1.807) is 31.3 Å². The van der Waals surface area contributed by atoms with Crippen molar-refractivity contribution in [2.45, 2.75) is 57.8 Å². The van der Waals surface area contributed by atoms with Gasteiger partial charge in [0, 0.05) is 25.7 Å². The predicted octanol–water partition coefficient (Wildman–Crippen LogP) is 4.02. The molecule has 0 aliphatic heterocycles. The number of halogens is 1. The summed E-state index contributed by atoms with van der Waals surface area (Å²) in [7, 11) is 3.38. The molecular weight excluding hydrogens is 376 g/mol. The Morgan fingerprint density at radius 2 is 2.08 bits per heavy atom. The lowest BCUT2D eigenvalue weighted by Crippen LogP contribution is -2.40. The molecule has 134 valence electrons. The van der Waals surface area contributed by atoms with Gasteiger partial charge in [-0.1, -0.05) is 0 Å². The van der Waals surface area contributed by atoms with E-state index in [0.717, 1.165) is 19.3 Å². The highest BCUT2D eigenvalue weighted by molar-refractivity contribution is 9.10. The molecule has 1 aliphatic rings. The van der Waals surface area contributed by atoms with Gasteiger partial charge in [0.25, 0.3) is 0 Å². The molecule has 2 rings (SSSR count). The number of hydrogen-bond donors (Lipinski definition) is 0. The van der Waals surface area contributed by atoms with Crippen molar-refractivity contribution in [2.75, 3.05) is 14.2 Å². The molecule has 24 heavy (non-hydrogen) atoms. The van der Waals surface area contributed by atoms with E-state index >= 15 is 0 Å². The van der Waals surface area contributed by atoms with Crippen molar-refractivity contribution < 1.29 is 19.0 Å². The zero-order valence-corrected chi connectivity index (χ0v) is 16.4. The first-order valence-corrected chi connectivity index (χ1v) is 8.81. The summed E-state index contributed by atoms with van der Waals surface area (Å²) in [6.07, 6.45) is 3.86. The number of hydrogen-bond acceptors (Lipinski definition) is 5. The van der Waals surface area contributed by atoms with Crippen molar-refractivity contribution in [3.05, 3.63) is 16.7 Å². The van der Waals surface area contributed by atoms with Crippen molar-refractivity contribution in [2.24, 2.45) is 0 Å². The van der Waals surface area contributed by atoms with Gasteiger partial charge in [0.2, 0.25) is 5.88 Å². The lowest BCUT2D eigenvalue weighted by Gasteiger charge is -2.28. The van der Waals surface area contributed by atoms with E-state index < -0.39 is 5.60 Å². The number of pyridine rings is 1. The highest BCUT2D eigenvalue weighted by atomic mass is 79.9. The van der Waals surface area contributed by atoms with Crippen LogP contribution in [0.1, 0.15) is 40.0 Å². The summed E-state index contributed by atoms with van der Waals surface area (Å²) in [5.41, 5.74) is -0.491. The first-order valence-electron chi connectivity index (χ1n) is 8.02. The molecule has 0 N–H and O–H groups in total. The molecule has 0 bridgehead atoms. The molecular formula is C17H25BrN2O4. The fourth-order valence-corrected chi connectivity index (χ4v) is 3.15. The summed E-state index contributed by atoms with van der Waals surface area (Å²) in [6.45, 7) is 5.60. The quantitative estimate of drug-likeness (QED) is 0.763. The first-order chi connectivity index (χ1) is 11.2. The molecule has 0 aromatic carbocycles. The number of rotatable bonds is 4. The Hall–Kier alpha value is -1.50. The predicted molar refractivity (Wildman–Crippen MR) is 94.5 cm³/mol. The zero-order valence-electron chi connectivity index (χ0n) is 14.8. The van der Waals surface area contributed by atoms with Crippen LogP contribution in [0.5, 0.6) is 11.6 Å². The highest BCUT2D eigenvalue weighted by Gasteiger charge is 2.33. The standard InChI is InChI=1S/C17H25BrN2O4/c1-17(2,3)24-16(21)20(4)11-6-7-12(10-11)23-15-14(18)13(22-5)8-9-19-15/h8-9,11-12H,6-7,10H2,1-5H3/t11-,12?/m1/s1. The van der Waals surface area contributed by atoms with E-state index in [9.17, 15) is 4.79 Å². The normalized spacial score (nSPS) is 20.6. The van der Waals surface area contributed by atoms with Gasteiger partial charge < -0.3 is 19.1 Å². The van der Waals surface area contributed by atoms with Gasteiger partial charge >= 0.3 is 6.09 Å². The van der Waals surface area contributed by atoms with E-state index in [0.29, 0.717) is 16.1 Å². The maximum atomic E-state index is 12.2. The van der Waals surface area contributed by atoms with Crippen LogP contribution in [0.3, 0.4) is 0 Å². The summed E-state index contributed by atoms with van der Waals surface area (Å²) in [6, 6.07) is 1.87. The molecule has 1 unspecified atom stereocenters. The summed E-state index contributed by atoms with van der Waals surface area (Å²) in [5.74, 6) is 1.19. The van der Waals surface area contributed by atoms with Crippen LogP contribution in [-0.2, 0) is 4.74 Å². The third-order valence-corrected chi connectivity index (χ3v) is 4.64. The molecule has 1 fully saturated rings. The van der Waals surface area contributed by atoms with Gasteiger partial charge in [-0.2, -0.15) is 0 Å². The lowest BCUT2D eigenvalue weighted by molar-refractivity contribution is 0.0218. The smallest absolute Gasteiger partial charge is 0.410 e. The molecule has 1 aromatic rings. The Morgan fingerprint density at radius 3 is 2.71 bits per heavy atom. The molecule has 1 amide bonds. The van der Waals surface area contributed by atoms with Crippen molar-refractivity contribution in [3.8, 4) is 11.6 Å². The maximum Gasteiger partial charge on any atom is 0.410 e. The van der Waals surface area contributed by atoms with E-state index in [4.69, 9.17) is 14.2 Å². The molecule has 1 aliphatic carbocycles. The molecule has 6 nitrogen and oxygen atoms in total. The van der Waals surface area contributed by atoms with Gasteiger partial charge in [-0.05, 0) is 55.6 Å². The van der Waals surface area contributed by atoms with E-state index in [-0.39, 0.29) is 18.2 Å². The van der Waals surface area contributed by atoms with Crippen LogP contribution >= 0.6 is 15.9 Å². The molecule has 1 aromatic heterocycles. The second kappa shape index (κ2) is 7.59. The van der Waals surface area contributed by atoms with E-state index in [2.05, 4.69) is 20.9 Å². The second-order valence-electron chi connectivity index (χ2n) is 6.93. The van der Waals surface area contributed by atoms with Crippen molar-refractivity contribution in [1.29, 1.82) is 0 Å². The van der Waals surface area contributed by atoms with Crippen LogP contribution < -0.4 is 9.47 Å². The van der Waals surface area contributed by atoms with Crippen LogP contribution in [0.25, 0.3) is 0 Å². The van der Waals surface area contributed by atoms with Crippen LogP contribution in [0.15, 0.2) is 16.7 Å². The third kappa shape index (κ3) is 4.75. The summed E-state index contributed by atoms with van der Waals surface area (Å²) in [4.78, 5) is 18.1. The molecule has 1 saturated carbocycles. The van der Waals surface area contributed by atoms with Crippen molar-refractivity contribution in [1.82, 2.24) is 9.88 Å². The molecule has 7 heteroatoms. The van der Waals surface area contributed by atoms with Gasteiger partial charge in [-0.3, -0.25) is 0 Å². The highest BCUT2D eigenvalue weighted by Crippen LogP contribution is 2.35. The average Bonchev–Trinajstić information content (AvgIpc) is 2.95. The Morgan fingerprint density at radius 1 is 1.38 bits per heavy atom. The number of carbonyl (C=O) groups excluding carboxylic acids is 1. The van der Waals surface area contributed by atoms with Crippen molar-refractivity contribution >= 4 is 22.0 Å². The van der Waals surface area contributed by atoms with Crippen molar-refractivity contribution in [3.63, 3.8) is 0 Å². The van der Waals surface area contributed by atoms with Gasteiger partial charge in [0.05, 0.1) is 7.11 Å². The van der Waals surface area contributed by atoms with Crippen LogP contribution in [-0.4, -0.2) is 47.9 Å². The van der Waals surface area contributed by atoms with E-state index in [1.165, 1.54) is 0 Å². The minimum Gasteiger partial charge on any atom is -0.495 e. The first kappa shape index (κ1) is 18.8. The number of aromatic nitrogens is 1. The minimum absolute atomic E-state index is 0.00999. The van der Waals surface area contributed by atoms with E-state index in [1.807, 2.05) is 20.8 Å². The zero-order chi connectivity index (χ0) is 17.9. The summed E-state index contributed by atoms with van der Waals surface area (Å²) < 4.78 is 17.4. The molecule has 0 saturated heterocycles. The largest absolute Gasteiger partial charge is 0.495 e. The number of ether oxygens (including phenoxy) is 3. The van der Waals surface area contributed by atoms with Gasteiger partial charge in [0.1, 0.15) is 21.9 Å². The van der Waals surface area contributed by atoms with Crippen LogP contribution in [0.2, 0.25) is 0 Å².